The zero-order valence-corrected chi connectivity index (χ0v) is 18.6. The van der Waals surface area contributed by atoms with Crippen LogP contribution in [0, 0.1) is 11.3 Å². The van der Waals surface area contributed by atoms with Crippen molar-refractivity contribution in [1.29, 1.82) is 5.26 Å². The number of nitriles is 1. The number of hydrogen-bond acceptors (Lipinski definition) is 7. The quantitative estimate of drug-likeness (QED) is 0.681. The van der Waals surface area contributed by atoms with Gasteiger partial charge in [0.05, 0.1) is 23.6 Å². The van der Waals surface area contributed by atoms with Gasteiger partial charge in [-0.25, -0.2) is 9.97 Å². The van der Waals surface area contributed by atoms with Crippen molar-refractivity contribution in [2.45, 2.75) is 44.4 Å². The van der Waals surface area contributed by atoms with Gasteiger partial charge in [-0.15, -0.1) is 0 Å². The van der Waals surface area contributed by atoms with Crippen LogP contribution in [-0.4, -0.2) is 50.0 Å². The predicted molar refractivity (Wildman–Crippen MR) is 122 cm³/mol. The molecule has 32 heavy (non-hydrogen) atoms. The van der Waals surface area contributed by atoms with Crippen molar-refractivity contribution in [3.63, 3.8) is 0 Å². The first kappa shape index (κ1) is 20.5. The van der Waals surface area contributed by atoms with E-state index in [-0.39, 0.29) is 6.04 Å². The molecule has 2 atom stereocenters. The number of nitrogens with zero attached hydrogens (tertiary/aromatic N) is 7. The summed E-state index contributed by atoms with van der Waals surface area (Å²) in [7, 11) is 1.86. The van der Waals surface area contributed by atoms with Crippen LogP contribution in [0.4, 0.5) is 11.5 Å². The molecule has 2 bridgehead atoms. The summed E-state index contributed by atoms with van der Waals surface area (Å²) in [6, 6.07) is 11.0. The molecule has 164 valence electrons. The molecular weight excluding hydrogens is 402 g/mol. The summed E-state index contributed by atoms with van der Waals surface area (Å²) in [6.07, 6.45) is 7.40. The second-order valence-corrected chi connectivity index (χ2v) is 9.24. The van der Waals surface area contributed by atoms with Crippen LogP contribution >= 0.6 is 0 Å². The molecule has 3 aliphatic heterocycles. The Balaban J connectivity index is 1.45. The lowest BCUT2D eigenvalue weighted by molar-refractivity contribution is 0.0786. The first-order valence-corrected chi connectivity index (χ1v) is 11.0. The molecule has 1 aromatic carbocycles. The fourth-order valence-corrected chi connectivity index (χ4v) is 4.82. The van der Waals surface area contributed by atoms with Crippen molar-refractivity contribution in [3.8, 4) is 17.5 Å². The highest BCUT2D eigenvalue weighted by molar-refractivity contribution is 5.63. The Kier molecular flexibility index (Phi) is 4.86. The van der Waals surface area contributed by atoms with E-state index in [0.717, 1.165) is 42.7 Å². The predicted octanol–water partition coefficient (Wildman–Crippen LogP) is 2.83. The molecule has 0 radical (unpaired) electrons. The molecule has 3 aromatic rings. The van der Waals surface area contributed by atoms with Gasteiger partial charge in [0.25, 0.3) is 0 Å². The molecule has 3 saturated heterocycles. The van der Waals surface area contributed by atoms with Crippen LogP contribution < -0.4 is 9.80 Å². The summed E-state index contributed by atoms with van der Waals surface area (Å²) < 4.78 is 1.72. The lowest BCUT2D eigenvalue weighted by atomic mass is 9.89. The Labute approximate surface area is 187 Å². The molecule has 0 saturated carbocycles. The fraction of sp³-hybridized carbons (Fsp3) is 0.417. The number of aliphatic hydroxyl groups is 1. The summed E-state index contributed by atoms with van der Waals surface area (Å²) in [6.45, 7) is 5.29. The second kappa shape index (κ2) is 7.61. The van der Waals surface area contributed by atoms with Gasteiger partial charge in [0.2, 0.25) is 0 Å². The molecular formula is C24H27N7O. The Morgan fingerprint density at radius 3 is 2.50 bits per heavy atom. The normalized spacial score (nSPS) is 20.5. The van der Waals surface area contributed by atoms with Crippen molar-refractivity contribution < 1.29 is 5.11 Å². The lowest BCUT2D eigenvalue weighted by Gasteiger charge is -2.53. The highest BCUT2D eigenvalue weighted by Gasteiger charge is 2.40. The third kappa shape index (κ3) is 3.59. The van der Waals surface area contributed by atoms with Crippen LogP contribution in [0.3, 0.4) is 0 Å². The zero-order valence-electron chi connectivity index (χ0n) is 18.6. The number of aromatic nitrogens is 4. The molecule has 3 aliphatic rings. The largest absolute Gasteiger partial charge is 0.386 e. The van der Waals surface area contributed by atoms with Gasteiger partial charge >= 0.3 is 0 Å². The average Bonchev–Trinajstić information content (AvgIpc) is 3.24. The summed E-state index contributed by atoms with van der Waals surface area (Å²) >= 11 is 0. The molecule has 5 heterocycles. The topological polar surface area (TPSA) is 94.1 Å². The summed E-state index contributed by atoms with van der Waals surface area (Å²) in [5.74, 6) is 1.30. The van der Waals surface area contributed by atoms with E-state index in [2.05, 4.69) is 38.1 Å². The maximum atomic E-state index is 10.4. The van der Waals surface area contributed by atoms with E-state index in [9.17, 15) is 10.4 Å². The first-order valence-electron chi connectivity index (χ1n) is 11.0. The second-order valence-electron chi connectivity index (χ2n) is 9.24. The Hall–Kier alpha value is -3.44. The molecule has 0 spiro atoms. The van der Waals surface area contributed by atoms with Crippen molar-refractivity contribution in [3.05, 3.63) is 54.0 Å². The number of anilines is 2. The van der Waals surface area contributed by atoms with Gasteiger partial charge < -0.3 is 14.9 Å². The summed E-state index contributed by atoms with van der Waals surface area (Å²) in [4.78, 5) is 13.9. The molecule has 3 fully saturated rings. The minimum absolute atomic E-state index is 0.259. The van der Waals surface area contributed by atoms with Crippen LogP contribution in [0.5, 0.6) is 0 Å². The lowest BCUT2D eigenvalue weighted by Crippen LogP contribution is -2.63. The molecule has 8 heteroatoms. The van der Waals surface area contributed by atoms with Gasteiger partial charge in [-0.05, 0) is 44.4 Å². The van der Waals surface area contributed by atoms with Gasteiger partial charge in [-0.1, -0.05) is 12.1 Å². The van der Waals surface area contributed by atoms with E-state index in [4.69, 9.17) is 4.98 Å². The number of piperazine rings is 1. The van der Waals surface area contributed by atoms with Gasteiger partial charge in [-0.3, -0.25) is 4.68 Å². The number of benzene rings is 1. The number of aryl methyl sites for hydroxylation is 1. The summed E-state index contributed by atoms with van der Waals surface area (Å²) in [5, 5.41) is 24.4. The molecule has 0 amide bonds. The third-order valence-electron chi connectivity index (χ3n) is 6.54. The number of hydrogen-bond donors (Lipinski definition) is 1. The SMILES string of the molecule is Cn1cc(-c2ncc(C#N)c(N3C[C@@H]4CC[C@H]3CN4c3cccc(C(C)(C)O)c3)n2)cn1. The number of fused-ring (bicyclic) bond motifs is 3. The molecule has 6 rings (SSSR count). The maximum Gasteiger partial charge on any atom is 0.164 e. The highest BCUT2D eigenvalue weighted by atomic mass is 16.3. The van der Waals surface area contributed by atoms with E-state index in [1.165, 1.54) is 0 Å². The van der Waals surface area contributed by atoms with Crippen LogP contribution in [0.15, 0.2) is 42.9 Å². The standard InChI is InChI=1S/C24H27N7O/c1-24(2,32)18-5-4-6-19(9-18)30-14-21-8-7-20(30)15-31(21)23-16(10-25)11-26-22(28-23)17-12-27-29(3)13-17/h4-6,9,11-13,20-21,32H,7-8,14-15H2,1-3H3/t20-,21-/m0/s1. The van der Waals surface area contributed by atoms with Crippen LogP contribution in [0.25, 0.3) is 11.4 Å². The Morgan fingerprint density at radius 1 is 1.12 bits per heavy atom. The van der Waals surface area contributed by atoms with Crippen molar-refractivity contribution in [1.82, 2.24) is 19.7 Å². The van der Waals surface area contributed by atoms with Crippen LogP contribution in [0.2, 0.25) is 0 Å². The molecule has 0 aliphatic carbocycles. The van der Waals surface area contributed by atoms with E-state index < -0.39 is 5.60 Å². The summed E-state index contributed by atoms with van der Waals surface area (Å²) in [5.41, 5.74) is 2.52. The Bertz CT molecular complexity index is 1190. The first-order chi connectivity index (χ1) is 15.3. The third-order valence-corrected chi connectivity index (χ3v) is 6.54. The zero-order chi connectivity index (χ0) is 22.5. The van der Waals surface area contributed by atoms with Crippen LogP contribution in [0.1, 0.15) is 37.8 Å². The van der Waals surface area contributed by atoms with Gasteiger partial charge in [0.1, 0.15) is 11.6 Å². The molecule has 0 unspecified atom stereocenters. The van der Waals surface area contributed by atoms with Crippen molar-refractivity contribution >= 4 is 11.5 Å². The molecule has 8 nitrogen and oxygen atoms in total. The minimum atomic E-state index is -0.873. The van der Waals surface area contributed by atoms with E-state index in [1.54, 1.807) is 17.1 Å². The van der Waals surface area contributed by atoms with E-state index >= 15 is 0 Å². The number of piperidine rings is 2. The minimum Gasteiger partial charge on any atom is -0.386 e. The van der Waals surface area contributed by atoms with Crippen molar-refractivity contribution in [2.24, 2.45) is 7.05 Å². The average molecular weight is 430 g/mol. The smallest absolute Gasteiger partial charge is 0.164 e. The number of rotatable bonds is 4. The van der Waals surface area contributed by atoms with Gasteiger partial charge in [0, 0.05) is 44.1 Å². The Morgan fingerprint density at radius 2 is 1.88 bits per heavy atom. The molecule has 2 aromatic heterocycles. The van der Waals surface area contributed by atoms with Crippen molar-refractivity contribution in [2.75, 3.05) is 22.9 Å². The van der Waals surface area contributed by atoms with Gasteiger partial charge in [-0.2, -0.15) is 10.4 Å². The monoisotopic (exact) mass is 429 g/mol. The van der Waals surface area contributed by atoms with E-state index in [1.807, 2.05) is 39.2 Å². The highest BCUT2D eigenvalue weighted by Crippen LogP contribution is 2.37. The van der Waals surface area contributed by atoms with E-state index in [0.29, 0.717) is 23.2 Å². The maximum absolute atomic E-state index is 10.4. The fourth-order valence-electron chi connectivity index (χ4n) is 4.82. The van der Waals surface area contributed by atoms with Gasteiger partial charge in [0.15, 0.2) is 11.6 Å². The van der Waals surface area contributed by atoms with Crippen LogP contribution in [-0.2, 0) is 12.6 Å². The molecule has 1 N–H and O–H groups in total.